The highest BCUT2D eigenvalue weighted by atomic mass is 35.5. The number of aromatic nitrogens is 2. The molecule has 1 N–H and O–H groups in total. The maximum Gasteiger partial charge on any atom is 0.244 e. The smallest absolute Gasteiger partial charge is 0.244 e. The second-order valence-electron chi connectivity index (χ2n) is 9.80. The molecule has 1 unspecified atom stereocenters. The van der Waals surface area contributed by atoms with E-state index in [4.69, 9.17) is 11.6 Å². The zero-order chi connectivity index (χ0) is 22.8. The Morgan fingerprint density at radius 3 is 2.48 bits per heavy atom. The summed E-state index contributed by atoms with van der Waals surface area (Å²) >= 11 is 6.13. The van der Waals surface area contributed by atoms with E-state index in [9.17, 15) is 4.79 Å². The Morgan fingerprint density at radius 2 is 1.76 bits per heavy atom. The molecule has 2 aromatic rings. The Kier molecular flexibility index (Phi) is 6.84. The van der Waals surface area contributed by atoms with Crippen LogP contribution in [0.4, 0.5) is 5.82 Å². The molecule has 0 bridgehead atoms. The first-order valence-electron chi connectivity index (χ1n) is 12.5. The second kappa shape index (κ2) is 9.98. The van der Waals surface area contributed by atoms with Gasteiger partial charge in [-0.05, 0) is 49.3 Å². The van der Waals surface area contributed by atoms with Gasteiger partial charge in [0.05, 0.1) is 0 Å². The molecule has 5 rings (SSSR count). The Morgan fingerprint density at radius 1 is 1.03 bits per heavy atom. The number of nitrogens with zero attached hydrogens (tertiary/aromatic N) is 4. The molecule has 1 aromatic carbocycles. The molecular weight excluding hydrogens is 434 g/mol. The number of halogens is 1. The number of hydrogen-bond acceptors (Lipinski definition) is 5. The third kappa shape index (κ3) is 4.87. The first-order chi connectivity index (χ1) is 16.1. The molecule has 2 heterocycles. The highest BCUT2D eigenvalue weighted by Crippen LogP contribution is 2.37. The Balaban J connectivity index is 1.29. The zero-order valence-corrected chi connectivity index (χ0v) is 20.2. The van der Waals surface area contributed by atoms with Gasteiger partial charge in [-0.25, -0.2) is 9.97 Å². The predicted octanol–water partition coefficient (Wildman–Crippen LogP) is 4.49. The van der Waals surface area contributed by atoms with Crippen molar-refractivity contribution in [2.24, 2.45) is 0 Å². The average Bonchev–Trinajstić information content (AvgIpc) is 3.24. The van der Waals surface area contributed by atoms with Gasteiger partial charge in [-0.2, -0.15) is 0 Å². The van der Waals surface area contributed by atoms with Crippen molar-refractivity contribution in [3.63, 3.8) is 0 Å². The van der Waals surface area contributed by atoms with Crippen LogP contribution in [-0.4, -0.2) is 53.0 Å². The number of carbonyl (C=O) groups excluding carboxylic acids is 1. The van der Waals surface area contributed by atoms with Crippen molar-refractivity contribution in [1.29, 1.82) is 0 Å². The monoisotopic (exact) mass is 467 g/mol. The summed E-state index contributed by atoms with van der Waals surface area (Å²) in [6.07, 6.45) is 9.94. The molecule has 1 saturated heterocycles. The van der Waals surface area contributed by atoms with Crippen molar-refractivity contribution in [1.82, 2.24) is 20.2 Å². The molecule has 2 aliphatic carbocycles. The van der Waals surface area contributed by atoms with Crippen LogP contribution in [0.15, 0.2) is 30.6 Å². The van der Waals surface area contributed by atoms with Gasteiger partial charge in [0.15, 0.2) is 0 Å². The highest BCUT2D eigenvalue weighted by Gasteiger charge is 2.33. The summed E-state index contributed by atoms with van der Waals surface area (Å²) in [5, 5.41) is 4.40. The van der Waals surface area contributed by atoms with Crippen LogP contribution >= 0.6 is 11.6 Å². The lowest BCUT2D eigenvalue weighted by Crippen LogP contribution is -2.53. The summed E-state index contributed by atoms with van der Waals surface area (Å²) in [7, 11) is 0. The van der Waals surface area contributed by atoms with Crippen molar-refractivity contribution < 1.29 is 4.79 Å². The average molecular weight is 468 g/mol. The summed E-state index contributed by atoms with van der Waals surface area (Å²) in [6.45, 7) is 5.30. The number of anilines is 1. The van der Waals surface area contributed by atoms with Crippen LogP contribution in [0.2, 0.25) is 5.02 Å². The highest BCUT2D eigenvalue weighted by molar-refractivity contribution is 6.30. The maximum absolute atomic E-state index is 13.7. The molecule has 1 aromatic heterocycles. The molecule has 1 saturated carbocycles. The minimum absolute atomic E-state index is 0.170. The quantitative estimate of drug-likeness (QED) is 0.701. The Bertz CT molecular complexity index is 967. The summed E-state index contributed by atoms with van der Waals surface area (Å²) < 4.78 is 0. The minimum Gasteiger partial charge on any atom is -0.353 e. The van der Waals surface area contributed by atoms with E-state index >= 15 is 0 Å². The lowest BCUT2D eigenvalue weighted by Gasteiger charge is -2.39. The van der Waals surface area contributed by atoms with Crippen LogP contribution < -0.4 is 10.2 Å². The van der Waals surface area contributed by atoms with E-state index in [2.05, 4.69) is 27.1 Å². The van der Waals surface area contributed by atoms with Crippen molar-refractivity contribution in [2.45, 2.75) is 69.9 Å². The summed E-state index contributed by atoms with van der Waals surface area (Å²) in [5.74, 6) is 1.75. The van der Waals surface area contributed by atoms with E-state index in [0.29, 0.717) is 30.1 Å². The molecule has 6 nitrogen and oxygen atoms in total. The Labute approximate surface area is 201 Å². The van der Waals surface area contributed by atoms with Crippen LogP contribution in [0.3, 0.4) is 0 Å². The topological polar surface area (TPSA) is 61.4 Å². The summed E-state index contributed by atoms with van der Waals surface area (Å²) in [5.41, 5.74) is 3.51. The number of benzene rings is 1. The lowest BCUT2D eigenvalue weighted by molar-refractivity contribution is -0.134. The number of fused-ring (bicyclic) bond motifs is 1. The number of hydrogen-bond donors (Lipinski definition) is 1. The largest absolute Gasteiger partial charge is 0.353 e. The van der Waals surface area contributed by atoms with Gasteiger partial charge in [0.25, 0.3) is 0 Å². The fourth-order valence-electron chi connectivity index (χ4n) is 5.67. The Hall–Kier alpha value is -2.18. The number of amides is 1. The molecule has 2 fully saturated rings. The molecule has 176 valence electrons. The summed E-state index contributed by atoms with van der Waals surface area (Å²) in [4.78, 5) is 27.3. The van der Waals surface area contributed by atoms with E-state index < -0.39 is 0 Å². The fraction of sp³-hybridized carbons (Fsp3) is 0.577. The molecule has 3 aliphatic rings. The van der Waals surface area contributed by atoms with Gasteiger partial charge in [0.2, 0.25) is 5.91 Å². The molecule has 2 atom stereocenters. The first kappa shape index (κ1) is 22.6. The number of rotatable bonds is 5. The van der Waals surface area contributed by atoms with Gasteiger partial charge in [0, 0.05) is 48.5 Å². The van der Waals surface area contributed by atoms with E-state index in [1.165, 1.54) is 30.5 Å². The first-order valence-corrected chi connectivity index (χ1v) is 12.9. The zero-order valence-electron chi connectivity index (χ0n) is 19.5. The van der Waals surface area contributed by atoms with Gasteiger partial charge < -0.3 is 9.80 Å². The van der Waals surface area contributed by atoms with Gasteiger partial charge in [0.1, 0.15) is 18.2 Å². The molecule has 33 heavy (non-hydrogen) atoms. The van der Waals surface area contributed by atoms with Crippen molar-refractivity contribution in [3.8, 4) is 0 Å². The normalized spacial score (nSPS) is 22.3. The van der Waals surface area contributed by atoms with Crippen molar-refractivity contribution in [2.75, 3.05) is 31.1 Å². The SMILES string of the molecule is CC1CCc2ncnc(N3CCN(C(=O)[C@H](NC4CCCCC4)c4ccc(Cl)cc4)CC3)c21. The third-order valence-corrected chi connectivity index (χ3v) is 7.85. The fourth-order valence-corrected chi connectivity index (χ4v) is 5.79. The molecular formula is C26H34ClN5O. The van der Waals surface area contributed by atoms with Gasteiger partial charge in [-0.1, -0.05) is 49.9 Å². The number of carbonyl (C=O) groups is 1. The van der Waals surface area contributed by atoms with Crippen LogP contribution in [-0.2, 0) is 11.2 Å². The number of aryl methyl sites for hydroxylation is 1. The van der Waals surface area contributed by atoms with Gasteiger partial charge >= 0.3 is 0 Å². The standard InChI is InChI=1S/C26H34ClN5O/c1-18-7-12-22-23(18)25(29-17-28-22)31-13-15-32(16-14-31)26(33)24(19-8-10-20(27)11-9-19)30-21-5-3-2-4-6-21/h8-11,17-18,21,24,30H,2-7,12-16H2,1H3/t18?,24-/m1/s1. The van der Waals surface area contributed by atoms with Crippen LogP contribution in [0, 0.1) is 0 Å². The van der Waals surface area contributed by atoms with Crippen molar-refractivity contribution in [3.05, 3.63) is 52.4 Å². The third-order valence-electron chi connectivity index (χ3n) is 7.60. The molecule has 1 aliphatic heterocycles. The molecule has 0 radical (unpaired) electrons. The number of piperazine rings is 1. The van der Waals surface area contributed by atoms with Gasteiger partial charge in [-0.15, -0.1) is 0 Å². The van der Waals surface area contributed by atoms with E-state index in [1.54, 1.807) is 6.33 Å². The lowest BCUT2D eigenvalue weighted by atomic mass is 9.93. The van der Waals surface area contributed by atoms with Crippen LogP contribution in [0.1, 0.15) is 74.2 Å². The molecule has 1 amide bonds. The molecule has 7 heteroatoms. The van der Waals surface area contributed by atoms with Crippen molar-refractivity contribution >= 4 is 23.3 Å². The number of nitrogens with one attached hydrogen (secondary N) is 1. The maximum atomic E-state index is 13.7. The van der Waals surface area contributed by atoms with Crippen LogP contribution in [0.25, 0.3) is 0 Å². The predicted molar refractivity (Wildman–Crippen MR) is 132 cm³/mol. The minimum atomic E-state index is -0.319. The summed E-state index contributed by atoms with van der Waals surface area (Å²) in [6, 6.07) is 7.82. The van der Waals surface area contributed by atoms with Crippen LogP contribution in [0.5, 0.6) is 0 Å². The van der Waals surface area contributed by atoms with E-state index in [-0.39, 0.29) is 11.9 Å². The molecule has 0 spiro atoms. The van der Waals surface area contributed by atoms with E-state index in [1.807, 2.05) is 29.2 Å². The van der Waals surface area contributed by atoms with Gasteiger partial charge in [-0.3, -0.25) is 10.1 Å². The van der Waals surface area contributed by atoms with E-state index in [0.717, 1.165) is 50.2 Å². The second-order valence-corrected chi connectivity index (χ2v) is 10.2.